The molecule has 21 heavy (non-hydrogen) atoms. The molecule has 4 N–H and O–H groups in total. The van der Waals surface area contributed by atoms with Crippen LogP contribution in [0, 0.1) is 0 Å². The van der Waals surface area contributed by atoms with Crippen LogP contribution >= 0.6 is 0 Å². The highest BCUT2D eigenvalue weighted by atomic mass is 32.2. The Bertz CT molecular complexity index is 844. The van der Waals surface area contributed by atoms with Crippen molar-refractivity contribution in [1.29, 1.82) is 0 Å². The molecule has 10 heteroatoms. The Morgan fingerprint density at radius 1 is 0.952 bits per heavy atom. The van der Waals surface area contributed by atoms with Crippen molar-refractivity contribution in [3.63, 3.8) is 0 Å². The summed E-state index contributed by atoms with van der Waals surface area (Å²) in [5.41, 5.74) is 5.89. The maximum absolute atomic E-state index is 12.0. The van der Waals surface area contributed by atoms with E-state index >= 15 is 0 Å². The summed E-state index contributed by atoms with van der Waals surface area (Å²) in [5.74, 6) is -0.0841. The van der Waals surface area contributed by atoms with Gasteiger partial charge in [-0.05, 0) is 36.4 Å². The third-order valence-electron chi connectivity index (χ3n) is 2.46. The molecule has 0 aliphatic carbocycles. The molecule has 8 nitrogen and oxygen atoms in total. The standard InChI is InChI=1S/C11H11N3O5S2/c12-8-1-3-9(4-2-8)20(15,16)14-11-6-5-10(7-13-11)21(17,18)19/h1-7H,12H2,(H,13,14)(H,17,18,19). The van der Waals surface area contributed by atoms with E-state index in [1.807, 2.05) is 0 Å². The van der Waals surface area contributed by atoms with Gasteiger partial charge in [0.05, 0.1) is 11.1 Å². The molecule has 0 saturated heterocycles. The maximum atomic E-state index is 12.0. The third-order valence-corrected chi connectivity index (χ3v) is 4.67. The summed E-state index contributed by atoms with van der Waals surface area (Å²) in [6.07, 6.45) is 0.843. The van der Waals surface area contributed by atoms with Gasteiger partial charge in [-0.25, -0.2) is 13.4 Å². The molecule has 0 spiro atoms. The molecule has 2 aromatic rings. The minimum Gasteiger partial charge on any atom is -0.399 e. The Kier molecular flexibility index (Phi) is 3.85. The van der Waals surface area contributed by atoms with Gasteiger partial charge in [-0.3, -0.25) is 9.27 Å². The number of nitrogen functional groups attached to an aromatic ring is 1. The fourth-order valence-electron chi connectivity index (χ4n) is 1.44. The Hall–Kier alpha value is -2.17. The number of hydrogen-bond acceptors (Lipinski definition) is 6. The second kappa shape index (κ2) is 5.31. The first-order valence-electron chi connectivity index (χ1n) is 5.50. The van der Waals surface area contributed by atoms with Crippen LogP contribution < -0.4 is 10.5 Å². The number of sulfonamides is 1. The zero-order valence-electron chi connectivity index (χ0n) is 10.5. The maximum Gasteiger partial charge on any atom is 0.296 e. The molecule has 2 rings (SSSR count). The van der Waals surface area contributed by atoms with Crippen molar-refractivity contribution in [2.45, 2.75) is 9.79 Å². The van der Waals surface area contributed by atoms with E-state index in [2.05, 4.69) is 9.71 Å². The summed E-state index contributed by atoms with van der Waals surface area (Å²) in [4.78, 5) is 3.17. The zero-order chi connectivity index (χ0) is 15.7. The van der Waals surface area contributed by atoms with Crippen LogP contribution in [0.1, 0.15) is 0 Å². The summed E-state index contributed by atoms with van der Waals surface area (Å²) in [6, 6.07) is 7.67. The van der Waals surface area contributed by atoms with Crippen LogP contribution in [0.15, 0.2) is 52.4 Å². The highest BCUT2D eigenvalue weighted by molar-refractivity contribution is 7.92. The SMILES string of the molecule is Nc1ccc(S(=O)(=O)Nc2ccc(S(=O)(=O)O)cn2)cc1. The van der Waals surface area contributed by atoms with Gasteiger partial charge in [-0.1, -0.05) is 0 Å². The number of aromatic nitrogens is 1. The molecular weight excluding hydrogens is 318 g/mol. The topological polar surface area (TPSA) is 139 Å². The van der Waals surface area contributed by atoms with Crippen molar-refractivity contribution in [1.82, 2.24) is 4.98 Å². The van der Waals surface area contributed by atoms with Crippen LogP contribution in [0.3, 0.4) is 0 Å². The van der Waals surface area contributed by atoms with Crippen molar-refractivity contribution < 1.29 is 21.4 Å². The van der Waals surface area contributed by atoms with Crippen LogP contribution in [0.4, 0.5) is 11.5 Å². The predicted molar refractivity (Wildman–Crippen MR) is 75.7 cm³/mol. The molecule has 0 bridgehead atoms. The lowest BCUT2D eigenvalue weighted by molar-refractivity contribution is 0.483. The number of hydrogen-bond donors (Lipinski definition) is 3. The van der Waals surface area contributed by atoms with Crippen LogP contribution in [-0.4, -0.2) is 26.4 Å². The molecule has 1 heterocycles. The molecule has 112 valence electrons. The van der Waals surface area contributed by atoms with Crippen molar-refractivity contribution in [3.05, 3.63) is 42.6 Å². The zero-order valence-corrected chi connectivity index (χ0v) is 12.1. The number of anilines is 2. The molecule has 0 fully saturated rings. The van der Waals surface area contributed by atoms with Crippen LogP contribution in [0.5, 0.6) is 0 Å². The lowest BCUT2D eigenvalue weighted by atomic mass is 10.3. The lowest BCUT2D eigenvalue weighted by Crippen LogP contribution is -2.14. The van der Waals surface area contributed by atoms with Gasteiger partial charge in [-0.2, -0.15) is 8.42 Å². The number of rotatable bonds is 4. The van der Waals surface area contributed by atoms with Gasteiger partial charge in [0, 0.05) is 5.69 Å². The van der Waals surface area contributed by atoms with Crippen LogP contribution in [-0.2, 0) is 20.1 Å². The lowest BCUT2D eigenvalue weighted by Gasteiger charge is -2.07. The summed E-state index contributed by atoms with van der Waals surface area (Å²) < 4.78 is 56.7. The molecule has 1 aromatic carbocycles. The molecule has 0 radical (unpaired) electrons. The number of pyridine rings is 1. The molecule has 0 amide bonds. The number of nitrogens with zero attached hydrogens (tertiary/aromatic N) is 1. The van der Waals surface area contributed by atoms with Crippen molar-refractivity contribution in [2.24, 2.45) is 0 Å². The van der Waals surface area contributed by atoms with Gasteiger partial charge in [0.25, 0.3) is 20.1 Å². The third kappa shape index (κ3) is 3.68. The fourth-order valence-corrected chi connectivity index (χ4v) is 2.87. The highest BCUT2D eigenvalue weighted by Gasteiger charge is 2.15. The van der Waals surface area contributed by atoms with E-state index in [0.717, 1.165) is 18.3 Å². The smallest absolute Gasteiger partial charge is 0.296 e. The van der Waals surface area contributed by atoms with Crippen molar-refractivity contribution in [2.75, 3.05) is 10.5 Å². The second-order valence-corrected chi connectivity index (χ2v) is 7.13. The van der Waals surface area contributed by atoms with Crippen molar-refractivity contribution >= 4 is 31.6 Å². The molecule has 1 aromatic heterocycles. The fraction of sp³-hybridized carbons (Fsp3) is 0. The average Bonchev–Trinajstić information content (AvgIpc) is 2.38. The number of nitrogens with two attached hydrogens (primary N) is 1. The first-order chi connectivity index (χ1) is 9.68. The second-order valence-electron chi connectivity index (χ2n) is 4.03. The van der Waals surface area contributed by atoms with Gasteiger partial charge in [0.2, 0.25) is 0 Å². The Morgan fingerprint density at radius 3 is 2.00 bits per heavy atom. The summed E-state index contributed by atoms with van der Waals surface area (Å²) in [7, 11) is -8.23. The van der Waals surface area contributed by atoms with Gasteiger partial charge in [0.15, 0.2) is 0 Å². The normalized spacial score (nSPS) is 12.0. The quantitative estimate of drug-likeness (QED) is 0.554. The Labute approximate surface area is 121 Å². The van der Waals surface area contributed by atoms with E-state index in [9.17, 15) is 16.8 Å². The summed E-state index contributed by atoms with van der Waals surface area (Å²) in [6.45, 7) is 0. The molecule has 0 unspecified atom stereocenters. The molecule has 0 atom stereocenters. The average molecular weight is 329 g/mol. The predicted octanol–water partition coefficient (Wildman–Crippen LogP) is 0.711. The molecular formula is C11H11N3O5S2. The monoisotopic (exact) mass is 329 g/mol. The van der Waals surface area contributed by atoms with Crippen molar-refractivity contribution in [3.8, 4) is 0 Å². The molecule has 0 aliphatic heterocycles. The van der Waals surface area contributed by atoms with E-state index in [1.54, 1.807) is 0 Å². The van der Waals surface area contributed by atoms with Gasteiger partial charge in [-0.15, -0.1) is 0 Å². The van der Waals surface area contributed by atoms with E-state index in [0.29, 0.717) is 5.69 Å². The minimum atomic E-state index is -4.37. The minimum absolute atomic E-state index is 0.0163. The number of benzene rings is 1. The van der Waals surface area contributed by atoms with Crippen LogP contribution in [0.2, 0.25) is 0 Å². The van der Waals surface area contributed by atoms with Gasteiger partial charge >= 0.3 is 0 Å². The van der Waals surface area contributed by atoms with E-state index in [1.165, 1.54) is 24.3 Å². The van der Waals surface area contributed by atoms with Crippen LogP contribution in [0.25, 0.3) is 0 Å². The first kappa shape index (κ1) is 15.2. The molecule has 0 saturated carbocycles. The van der Waals surface area contributed by atoms with Gasteiger partial charge in [0.1, 0.15) is 10.7 Å². The summed E-state index contributed by atoms with van der Waals surface area (Å²) >= 11 is 0. The molecule has 0 aliphatic rings. The number of nitrogens with one attached hydrogen (secondary N) is 1. The largest absolute Gasteiger partial charge is 0.399 e. The van der Waals surface area contributed by atoms with E-state index in [-0.39, 0.29) is 10.7 Å². The Balaban J connectivity index is 2.27. The first-order valence-corrected chi connectivity index (χ1v) is 8.43. The Morgan fingerprint density at radius 2 is 1.52 bits per heavy atom. The van der Waals surface area contributed by atoms with E-state index in [4.69, 9.17) is 10.3 Å². The van der Waals surface area contributed by atoms with Gasteiger partial charge < -0.3 is 5.73 Å². The van der Waals surface area contributed by atoms with E-state index < -0.39 is 25.0 Å². The summed E-state index contributed by atoms with van der Waals surface area (Å²) in [5, 5.41) is 0. The highest BCUT2D eigenvalue weighted by Crippen LogP contribution is 2.17.